The Balaban J connectivity index is 1.97. The molecule has 0 aliphatic rings. The lowest BCUT2D eigenvalue weighted by Gasteiger charge is -2.11. The van der Waals surface area contributed by atoms with E-state index in [1.807, 2.05) is 37.3 Å². The number of ketones is 1. The van der Waals surface area contributed by atoms with Gasteiger partial charge in [-0.25, -0.2) is 0 Å². The molecule has 3 heteroatoms. The second-order valence-corrected chi connectivity index (χ2v) is 5.70. The molecule has 0 spiro atoms. The minimum absolute atomic E-state index is 0.0596. The summed E-state index contributed by atoms with van der Waals surface area (Å²) in [6.45, 7) is 4.24. The zero-order valence-electron chi connectivity index (χ0n) is 12.3. The van der Waals surface area contributed by atoms with Gasteiger partial charge in [0.25, 0.3) is 0 Å². The van der Waals surface area contributed by atoms with Crippen LogP contribution in [0.25, 0.3) is 0 Å². The maximum atomic E-state index is 11.8. The zero-order chi connectivity index (χ0) is 15.2. The van der Waals surface area contributed by atoms with Gasteiger partial charge in [-0.3, -0.25) is 4.79 Å². The van der Waals surface area contributed by atoms with Crippen LogP contribution < -0.4 is 4.74 Å². The van der Waals surface area contributed by atoms with Crippen molar-refractivity contribution in [1.29, 1.82) is 0 Å². The Hall–Kier alpha value is -1.80. The summed E-state index contributed by atoms with van der Waals surface area (Å²) in [4.78, 5) is 11.8. The Morgan fingerprint density at radius 2 is 1.90 bits per heavy atom. The van der Waals surface area contributed by atoms with E-state index in [0.29, 0.717) is 12.2 Å². The molecule has 0 aromatic heterocycles. The van der Waals surface area contributed by atoms with Crippen LogP contribution in [0.15, 0.2) is 48.5 Å². The summed E-state index contributed by atoms with van der Waals surface area (Å²) < 4.78 is 5.79. The van der Waals surface area contributed by atoms with Crippen LogP contribution in [0.4, 0.5) is 0 Å². The molecule has 2 rings (SSSR count). The van der Waals surface area contributed by atoms with Crippen molar-refractivity contribution in [3.8, 4) is 5.75 Å². The summed E-state index contributed by atoms with van der Waals surface area (Å²) in [5.74, 6) is 0.750. The summed E-state index contributed by atoms with van der Waals surface area (Å²) in [6, 6.07) is 15.7. The van der Waals surface area contributed by atoms with Crippen molar-refractivity contribution in [2.75, 3.05) is 6.61 Å². The molecular formula is C18H19ClO2. The predicted octanol–water partition coefficient (Wildman–Crippen LogP) is 4.43. The molecule has 2 aromatic carbocycles. The zero-order valence-corrected chi connectivity index (χ0v) is 13.1. The van der Waals surface area contributed by atoms with E-state index in [1.54, 1.807) is 13.0 Å². The van der Waals surface area contributed by atoms with E-state index in [0.717, 1.165) is 17.7 Å². The molecule has 0 bridgehead atoms. The molecule has 1 atom stereocenters. The fourth-order valence-electron chi connectivity index (χ4n) is 2.12. The predicted molar refractivity (Wildman–Crippen MR) is 86.5 cm³/mol. The fraction of sp³-hybridized carbons (Fsp3) is 0.278. The summed E-state index contributed by atoms with van der Waals surface area (Å²) in [6.07, 6.45) is 0.861. The van der Waals surface area contributed by atoms with Crippen LogP contribution >= 0.6 is 11.6 Å². The highest BCUT2D eigenvalue weighted by molar-refractivity contribution is 6.33. The lowest BCUT2D eigenvalue weighted by molar-refractivity contribution is 0.0991. The molecule has 0 saturated heterocycles. The SMILES string of the molecule is Cc1cc(C(=O)C(C)Cl)ccc1OCCc1ccccc1. The van der Waals surface area contributed by atoms with Crippen molar-refractivity contribution in [3.63, 3.8) is 0 Å². The van der Waals surface area contributed by atoms with Crippen molar-refractivity contribution < 1.29 is 9.53 Å². The average Bonchev–Trinajstić information content (AvgIpc) is 2.49. The van der Waals surface area contributed by atoms with Gasteiger partial charge in [-0.1, -0.05) is 30.3 Å². The fourth-order valence-corrected chi connectivity index (χ4v) is 2.24. The molecule has 0 N–H and O–H groups in total. The first-order valence-corrected chi connectivity index (χ1v) is 7.47. The standard InChI is InChI=1S/C18H19ClO2/c1-13-12-16(18(20)14(2)19)8-9-17(13)21-11-10-15-6-4-3-5-7-15/h3-9,12,14H,10-11H2,1-2H3. The molecule has 0 aliphatic heterocycles. The number of Topliss-reactive ketones (excluding diaryl/α,β-unsaturated/α-hetero) is 1. The molecule has 21 heavy (non-hydrogen) atoms. The number of ether oxygens (including phenoxy) is 1. The molecule has 0 fully saturated rings. The van der Waals surface area contributed by atoms with Crippen LogP contribution in [0.2, 0.25) is 0 Å². The van der Waals surface area contributed by atoms with Gasteiger partial charge in [0.15, 0.2) is 5.78 Å². The summed E-state index contributed by atoms with van der Waals surface area (Å²) in [5, 5.41) is -0.505. The second kappa shape index (κ2) is 7.28. The number of aryl methyl sites for hydroxylation is 1. The Labute approximate surface area is 130 Å². The van der Waals surface area contributed by atoms with E-state index >= 15 is 0 Å². The summed E-state index contributed by atoms with van der Waals surface area (Å²) >= 11 is 5.83. The van der Waals surface area contributed by atoms with Crippen LogP contribution in [-0.4, -0.2) is 17.8 Å². The molecule has 0 aliphatic carbocycles. The molecule has 0 heterocycles. The van der Waals surface area contributed by atoms with Gasteiger partial charge < -0.3 is 4.74 Å². The van der Waals surface area contributed by atoms with Crippen LogP contribution in [0.3, 0.4) is 0 Å². The highest BCUT2D eigenvalue weighted by Gasteiger charge is 2.13. The monoisotopic (exact) mass is 302 g/mol. The van der Waals surface area contributed by atoms with Gasteiger partial charge >= 0.3 is 0 Å². The van der Waals surface area contributed by atoms with Crippen molar-refractivity contribution in [2.24, 2.45) is 0 Å². The summed E-state index contributed by atoms with van der Waals surface area (Å²) in [5.41, 5.74) is 2.83. The second-order valence-electron chi connectivity index (χ2n) is 5.04. The van der Waals surface area contributed by atoms with Crippen LogP contribution in [0, 0.1) is 6.92 Å². The van der Waals surface area contributed by atoms with Crippen LogP contribution in [-0.2, 0) is 6.42 Å². The molecular weight excluding hydrogens is 284 g/mol. The Kier molecular flexibility index (Phi) is 5.40. The van der Waals surface area contributed by atoms with Crippen molar-refractivity contribution in [3.05, 3.63) is 65.2 Å². The molecule has 1 unspecified atom stereocenters. The highest BCUT2D eigenvalue weighted by Crippen LogP contribution is 2.21. The number of carbonyl (C=O) groups excluding carboxylic acids is 1. The molecule has 2 nitrogen and oxygen atoms in total. The van der Waals surface area contributed by atoms with Crippen molar-refractivity contribution in [1.82, 2.24) is 0 Å². The van der Waals surface area contributed by atoms with Crippen molar-refractivity contribution >= 4 is 17.4 Å². The maximum absolute atomic E-state index is 11.8. The number of hydrogen-bond acceptors (Lipinski definition) is 2. The van der Waals surface area contributed by atoms with Crippen molar-refractivity contribution in [2.45, 2.75) is 25.6 Å². The molecule has 0 amide bonds. The molecule has 0 radical (unpaired) electrons. The van der Waals surface area contributed by atoms with E-state index in [1.165, 1.54) is 5.56 Å². The number of rotatable bonds is 6. The third-order valence-electron chi connectivity index (χ3n) is 3.31. The minimum atomic E-state index is -0.505. The van der Waals surface area contributed by atoms with Gasteiger partial charge in [0.05, 0.1) is 12.0 Å². The molecule has 0 saturated carbocycles. The van der Waals surface area contributed by atoms with E-state index in [-0.39, 0.29) is 5.78 Å². The maximum Gasteiger partial charge on any atom is 0.180 e. The third kappa shape index (κ3) is 4.33. The number of hydrogen-bond donors (Lipinski definition) is 0. The Bertz CT molecular complexity index is 606. The number of benzene rings is 2. The Morgan fingerprint density at radius 3 is 2.52 bits per heavy atom. The smallest absolute Gasteiger partial charge is 0.180 e. The quantitative estimate of drug-likeness (QED) is 0.583. The first-order valence-electron chi connectivity index (χ1n) is 7.03. The van der Waals surface area contributed by atoms with Gasteiger partial charge in [0.1, 0.15) is 5.75 Å². The van der Waals surface area contributed by atoms with Crippen LogP contribution in [0.5, 0.6) is 5.75 Å². The van der Waals surface area contributed by atoms with Gasteiger partial charge in [-0.2, -0.15) is 0 Å². The number of alkyl halides is 1. The number of halogens is 1. The van der Waals surface area contributed by atoms with E-state index < -0.39 is 5.38 Å². The topological polar surface area (TPSA) is 26.3 Å². The van der Waals surface area contributed by atoms with Gasteiger partial charge in [-0.05, 0) is 43.2 Å². The minimum Gasteiger partial charge on any atom is -0.493 e. The molecule has 2 aromatic rings. The van der Waals surface area contributed by atoms with Gasteiger partial charge in [0, 0.05) is 12.0 Å². The highest BCUT2D eigenvalue weighted by atomic mass is 35.5. The van der Waals surface area contributed by atoms with Crippen LogP contribution in [0.1, 0.15) is 28.4 Å². The lowest BCUT2D eigenvalue weighted by atomic mass is 10.1. The normalized spacial score (nSPS) is 12.0. The van der Waals surface area contributed by atoms with E-state index in [2.05, 4.69) is 12.1 Å². The average molecular weight is 303 g/mol. The Morgan fingerprint density at radius 1 is 1.19 bits per heavy atom. The van der Waals surface area contributed by atoms with Gasteiger partial charge in [0.2, 0.25) is 0 Å². The first kappa shape index (κ1) is 15.6. The van der Waals surface area contributed by atoms with E-state index in [9.17, 15) is 4.79 Å². The summed E-state index contributed by atoms with van der Waals surface area (Å²) in [7, 11) is 0. The number of carbonyl (C=O) groups is 1. The van der Waals surface area contributed by atoms with E-state index in [4.69, 9.17) is 16.3 Å². The largest absolute Gasteiger partial charge is 0.493 e. The van der Waals surface area contributed by atoms with Gasteiger partial charge in [-0.15, -0.1) is 11.6 Å². The molecule has 110 valence electrons. The first-order chi connectivity index (χ1) is 10.1. The third-order valence-corrected chi connectivity index (χ3v) is 3.51. The lowest BCUT2D eigenvalue weighted by Crippen LogP contribution is -2.11.